The molecule has 0 atom stereocenters. The van der Waals surface area contributed by atoms with Gasteiger partial charge in [0, 0.05) is 20.4 Å². The summed E-state index contributed by atoms with van der Waals surface area (Å²) in [6, 6.07) is 13.4. The molecule has 2 N–H and O–H groups in total. The molecule has 0 radical (unpaired) electrons. The van der Waals surface area contributed by atoms with E-state index in [0.29, 0.717) is 10.8 Å². The zero-order chi connectivity index (χ0) is 14.8. The van der Waals surface area contributed by atoms with Gasteiger partial charge in [0.25, 0.3) is 0 Å². The average Bonchev–Trinajstić information content (AvgIpc) is 2.48. The van der Waals surface area contributed by atoms with Crippen molar-refractivity contribution >= 4 is 44.6 Å². The third kappa shape index (κ3) is 2.75. The summed E-state index contributed by atoms with van der Waals surface area (Å²) in [6.07, 6.45) is 1.42. The Kier molecular flexibility index (Phi) is 3.86. The molecular weight excluding hydrogens is 352 g/mol. The first-order valence-corrected chi connectivity index (χ1v) is 7.31. The number of nitrogens with two attached hydrogens (primary N) is 1. The van der Waals surface area contributed by atoms with Crippen LogP contribution in [0.1, 0.15) is 5.82 Å². The molecule has 6 heteroatoms. The van der Waals surface area contributed by atoms with Crippen molar-refractivity contribution in [2.75, 3.05) is 0 Å². The first kappa shape index (κ1) is 14.0. The van der Waals surface area contributed by atoms with Gasteiger partial charge in [0.1, 0.15) is 0 Å². The van der Waals surface area contributed by atoms with Crippen molar-refractivity contribution in [3.8, 4) is 11.3 Å². The summed E-state index contributed by atoms with van der Waals surface area (Å²) >= 11 is 9.77. The summed E-state index contributed by atoms with van der Waals surface area (Å²) in [4.78, 5) is 8.93. The van der Waals surface area contributed by atoms with E-state index >= 15 is 0 Å². The van der Waals surface area contributed by atoms with E-state index in [0.717, 1.165) is 26.6 Å². The highest BCUT2D eigenvalue weighted by molar-refractivity contribution is 9.10. The van der Waals surface area contributed by atoms with Crippen LogP contribution in [0.5, 0.6) is 0 Å². The van der Waals surface area contributed by atoms with Crippen LogP contribution in [0.3, 0.4) is 0 Å². The number of hydrazone groups is 1. The molecular formula is C15H10BrClN4. The molecule has 0 fully saturated rings. The van der Waals surface area contributed by atoms with E-state index in [1.54, 1.807) is 0 Å². The quantitative estimate of drug-likeness (QED) is 0.426. The number of nitrogens with zero attached hydrogens (tertiary/aromatic N) is 3. The number of rotatable bonds is 2. The number of aromatic nitrogens is 2. The van der Waals surface area contributed by atoms with Crippen molar-refractivity contribution < 1.29 is 0 Å². The van der Waals surface area contributed by atoms with E-state index in [4.69, 9.17) is 17.4 Å². The fraction of sp³-hybridized carbons (Fsp3) is 0. The Labute approximate surface area is 134 Å². The second-order valence-corrected chi connectivity index (χ2v) is 5.67. The van der Waals surface area contributed by atoms with Gasteiger partial charge in [-0.2, -0.15) is 5.10 Å². The minimum Gasteiger partial charge on any atom is -0.323 e. The van der Waals surface area contributed by atoms with E-state index in [1.165, 1.54) is 6.21 Å². The molecule has 1 aromatic heterocycles. The predicted molar refractivity (Wildman–Crippen MR) is 89.5 cm³/mol. The van der Waals surface area contributed by atoms with E-state index in [2.05, 4.69) is 31.0 Å². The molecule has 3 rings (SSSR count). The summed E-state index contributed by atoms with van der Waals surface area (Å²) < 4.78 is 0.951. The van der Waals surface area contributed by atoms with Crippen LogP contribution >= 0.6 is 27.5 Å². The molecule has 0 saturated heterocycles. The molecule has 0 amide bonds. The fourth-order valence-corrected chi connectivity index (χ4v) is 2.69. The van der Waals surface area contributed by atoms with Crippen molar-refractivity contribution in [2.45, 2.75) is 0 Å². The number of hydrogen-bond donors (Lipinski definition) is 1. The van der Waals surface area contributed by atoms with Crippen molar-refractivity contribution in [3.05, 3.63) is 57.8 Å². The predicted octanol–water partition coefficient (Wildman–Crippen LogP) is 4.01. The molecule has 104 valence electrons. The van der Waals surface area contributed by atoms with Crippen LogP contribution in [-0.2, 0) is 0 Å². The maximum absolute atomic E-state index is 6.30. The highest BCUT2D eigenvalue weighted by Gasteiger charge is 2.12. The highest BCUT2D eigenvalue weighted by atomic mass is 79.9. The summed E-state index contributed by atoms with van der Waals surface area (Å²) in [6.45, 7) is 0. The molecule has 3 aromatic rings. The van der Waals surface area contributed by atoms with E-state index in [-0.39, 0.29) is 0 Å². The minimum atomic E-state index is 0.447. The lowest BCUT2D eigenvalue weighted by Crippen LogP contribution is -1.99. The van der Waals surface area contributed by atoms with Crippen LogP contribution in [0, 0.1) is 0 Å². The van der Waals surface area contributed by atoms with Crippen molar-refractivity contribution in [3.63, 3.8) is 0 Å². The van der Waals surface area contributed by atoms with Gasteiger partial charge in [-0.15, -0.1) is 0 Å². The summed E-state index contributed by atoms with van der Waals surface area (Å²) in [5.41, 5.74) is 2.40. The first-order chi connectivity index (χ1) is 10.2. The molecule has 0 aliphatic rings. The minimum absolute atomic E-state index is 0.447. The second-order valence-electron chi connectivity index (χ2n) is 4.35. The van der Waals surface area contributed by atoms with E-state index in [9.17, 15) is 0 Å². The normalized spacial score (nSPS) is 11.3. The third-order valence-electron chi connectivity index (χ3n) is 2.99. The van der Waals surface area contributed by atoms with Gasteiger partial charge in [0.2, 0.25) is 0 Å². The van der Waals surface area contributed by atoms with Crippen molar-refractivity contribution in [1.82, 2.24) is 9.97 Å². The van der Waals surface area contributed by atoms with Gasteiger partial charge in [-0.05, 0) is 24.3 Å². The molecule has 2 aromatic carbocycles. The zero-order valence-corrected chi connectivity index (χ0v) is 13.1. The molecule has 0 aliphatic heterocycles. The summed E-state index contributed by atoms with van der Waals surface area (Å²) in [5, 5.41) is 5.04. The maximum atomic E-state index is 6.30. The Morgan fingerprint density at radius 2 is 1.95 bits per heavy atom. The van der Waals surface area contributed by atoms with Crippen LogP contribution in [0.25, 0.3) is 22.2 Å². The topological polar surface area (TPSA) is 64.2 Å². The molecule has 0 unspecified atom stereocenters. The molecule has 0 saturated carbocycles. The van der Waals surface area contributed by atoms with Gasteiger partial charge in [-0.25, -0.2) is 9.97 Å². The standard InChI is InChI=1S/C15H10BrClN4/c16-9-5-6-13-11(7-9)15(21-14(20-13)8-19-18)10-3-1-2-4-12(10)17/h1-8H,18H2/b19-8+. The first-order valence-electron chi connectivity index (χ1n) is 6.14. The zero-order valence-electron chi connectivity index (χ0n) is 10.8. The largest absolute Gasteiger partial charge is 0.323 e. The summed E-state index contributed by atoms with van der Waals surface area (Å²) in [5.74, 6) is 5.65. The molecule has 4 nitrogen and oxygen atoms in total. The van der Waals surface area contributed by atoms with Gasteiger partial charge in [-0.3, -0.25) is 0 Å². The number of hydrogen-bond acceptors (Lipinski definition) is 4. The lowest BCUT2D eigenvalue weighted by Gasteiger charge is -2.09. The lowest BCUT2D eigenvalue weighted by atomic mass is 10.1. The SMILES string of the molecule is N/N=C/c1nc(-c2ccccc2Cl)c2cc(Br)ccc2n1. The monoisotopic (exact) mass is 360 g/mol. The number of fused-ring (bicyclic) bond motifs is 1. The Morgan fingerprint density at radius 1 is 1.14 bits per heavy atom. The molecule has 0 spiro atoms. The van der Waals surface area contributed by atoms with Crippen molar-refractivity contribution in [1.29, 1.82) is 0 Å². The van der Waals surface area contributed by atoms with Gasteiger partial charge < -0.3 is 5.84 Å². The van der Waals surface area contributed by atoms with Gasteiger partial charge in [0.05, 0.1) is 17.4 Å². The third-order valence-corrected chi connectivity index (χ3v) is 3.82. The van der Waals surface area contributed by atoms with Crippen LogP contribution in [-0.4, -0.2) is 16.2 Å². The number of benzene rings is 2. The lowest BCUT2D eigenvalue weighted by molar-refractivity contribution is 1.17. The van der Waals surface area contributed by atoms with Crippen LogP contribution < -0.4 is 5.84 Å². The Balaban J connectivity index is 2.38. The second kappa shape index (κ2) is 5.79. The Morgan fingerprint density at radius 3 is 2.71 bits per heavy atom. The fourth-order valence-electron chi connectivity index (χ4n) is 2.10. The maximum Gasteiger partial charge on any atom is 0.173 e. The average molecular weight is 362 g/mol. The molecule has 21 heavy (non-hydrogen) atoms. The van der Waals surface area contributed by atoms with Crippen molar-refractivity contribution in [2.24, 2.45) is 10.9 Å². The molecule has 1 heterocycles. The molecule has 0 aliphatic carbocycles. The molecule has 0 bridgehead atoms. The summed E-state index contributed by atoms with van der Waals surface area (Å²) in [7, 11) is 0. The smallest absolute Gasteiger partial charge is 0.173 e. The number of halogens is 2. The highest BCUT2D eigenvalue weighted by Crippen LogP contribution is 2.32. The Bertz CT molecular complexity index is 848. The van der Waals surface area contributed by atoms with Gasteiger partial charge in [-0.1, -0.05) is 45.7 Å². The van der Waals surface area contributed by atoms with E-state index < -0.39 is 0 Å². The van der Waals surface area contributed by atoms with Crippen LogP contribution in [0.2, 0.25) is 5.02 Å². The Hall–Kier alpha value is -1.98. The van der Waals surface area contributed by atoms with Crippen LogP contribution in [0.15, 0.2) is 52.0 Å². The van der Waals surface area contributed by atoms with Gasteiger partial charge >= 0.3 is 0 Å². The van der Waals surface area contributed by atoms with Gasteiger partial charge in [0.15, 0.2) is 5.82 Å². The van der Waals surface area contributed by atoms with E-state index in [1.807, 2.05) is 42.5 Å². The van der Waals surface area contributed by atoms with Crippen LogP contribution in [0.4, 0.5) is 0 Å².